The Morgan fingerprint density at radius 1 is 1.32 bits per heavy atom. The molecule has 1 heterocycles. The molecule has 0 aliphatic carbocycles. The topological polar surface area (TPSA) is 54.9 Å². The third-order valence-electron chi connectivity index (χ3n) is 2.34. The number of rotatable bonds is 2. The number of halogens is 3. The number of hydrogen-bond acceptors (Lipinski definition) is 3. The van der Waals surface area contributed by atoms with E-state index >= 15 is 0 Å². The van der Waals surface area contributed by atoms with E-state index in [1.54, 1.807) is 0 Å². The number of carbonyl (C=O) groups is 1. The molecule has 98 valence electrons. The molecule has 0 atom stereocenters. The summed E-state index contributed by atoms with van der Waals surface area (Å²) in [7, 11) is 0. The van der Waals surface area contributed by atoms with Crippen molar-refractivity contribution in [3.8, 4) is 0 Å². The molecule has 7 heteroatoms. The average Bonchev–Trinajstić information content (AvgIpc) is 2.33. The summed E-state index contributed by atoms with van der Waals surface area (Å²) in [5, 5.41) is 2.42. The smallest absolute Gasteiger partial charge is 0.261 e. The maximum absolute atomic E-state index is 13.5. The van der Waals surface area contributed by atoms with Gasteiger partial charge in [0.25, 0.3) is 5.91 Å². The first-order valence-electron chi connectivity index (χ1n) is 5.23. The van der Waals surface area contributed by atoms with Gasteiger partial charge >= 0.3 is 0 Å². The molecular weight excluding hydrogens is 276 g/mol. The summed E-state index contributed by atoms with van der Waals surface area (Å²) < 4.78 is 26.6. The normalized spacial score (nSPS) is 10.3. The third kappa shape index (κ3) is 3.03. The van der Waals surface area contributed by atoms with E-state index in [9.17, 15) is 13.6 Å². The summed E-state index contributed by atoms with van der Waals surface area (Å²) in [6.07, 6.45) is 1.34. The summed E-state index contributed by atoms with van der Waals surface area (Å²) >= 11 is 5.63. The highest BCUT2D eigenvalue weighted by atomic mass is 35.5. The van der Waals surface area contributed by atoms with Crippen LogP contribution in [0.3, 0.4) is 0 Å². The molecule has 19 heavy (non-hydrogen) atoms. The van der Waals surface area contributed by atoms with Gasteiger partial charge in [0.15, 0.2) is 0 Å². The summed E-state index contributed by atoms with van der Waals surface area (Å²) in [4.78, 5) is 19.3. The molecule has 0 radical (unpaired) electrons. The minimum atomic E-state index is -0.956. The molecule has 1 amide bonds. The minimum Gasteiger partial charge on any atom is -0.290 e. The number of nitrogens with zero attached hydrogens (tertiary/aromatic N) is 2. The van der Waals surface area contributed by atoms with Gasteiger partial charge in [-0.2, -0.15) is 0 Å². The number of anilines is 1. The van der Waals surface area contributed by atoms with Crippen LogP contribution < -0.4 is 5.32 Å². The number of benzene rings is 1. The highest BCUT2D eigenvalue weighted by Gasteiger charge is 2.15. The quantitative estimate of drug-likeness (QED) is 0.862. The van der Waals surface area contributed by atoms with Crippen molar-refractivity contribution < 1.29 is 13.6 Å². The lowest BCUT2D eigenvalue weighted by Crippen LogP contribution is -2.16. The first-order chi connectivity index (χ1) is 8.97. The number of hydrogen-bond donors (Lipinski definition) is 1. The van der Waals surface area contributed by atoms with Crippen LogP contribution in [0.1, 0.15) is 15.9 Å². The number of aromatic nitrogens is 2. The Balaban J connectivity index is 2.28. The molecule has 0 fully saturated rings. The lowest BCUT2D eigenvalue weighted by Gasteiger charge is -2.06. The molecule has 1 aromatic heterocycles. The number of aryl methyl sites for hydroxylation is 1. The van der Waals surface area contributed by atoms with E-state index in [1.165, 1.54) is 19.2 Å². The van der Waals surface area contributed by atoms with Crippen LogP contribution in [0.4, 0.5) is 14.7 Å². The van der Waals surface area contributed by atoms with Gasteiger partial charge in [-0.25, -0.2) is 18.7 Å². The molecule has 4 nitrogen and oxygen atoms in total. The predicted octanol–water partition coefficient (Wildman–Crippen LogP) is 2.97. The van der Waals surface area contributed by atoms with Crippen molar-refractivity contribution in [2.45, 2.75) is 6.92 Å². The van der Waals surface area contributed by atoms with Crippen molar-refractivity contribution in [1.82, 2.24) is 9.97 Å². The Morgan fingerprint density at radius 3 is 2.74 bits per heavy atom. The van der Waals surface area contributed by atoms with Crippen LogP contribution in [0.15, 0.2) is 24.4 Å². The van der Waals surface area contributed by atoms with E-state index in [-0.39, 0.29) is 22.2 Å². The largest absolute Gasteiger partial charge is 0.290 e. The molecule has 0 saturated carbocycles. The Bertz CT molecular complexity index is 649. The van der Waals surface area contributed by atoms with Gasteiger partial charge in [-0.3, -0.25) is 10.1 Å². The molecule has 0 aliphatic rings. The van der Waals surface area contributed by atoms with Gasteiger partial charge in [0.1, 0.15) is 16.8 Å². The fourth-order valence-electron chi connectivity index (χ4n) is 1.40. The molecule has 0 saturated heterocycles. The van der Waals surface area contributed by atoms with Gasteiger partial charge < -0.3 is 0 Å². The molecule has 0 aliphatic heterocycles. The number of carbonyl (C=O) groups excluding carboxylic acids is 1. The fraction of sp³-hybridized carbons (Fsp3) is 0.0833. The SMILES string of the molecule is Cc1cc(C(=O)Nc2nccc(Cl)n2)c(F)cc1F. The molecule has 0 unspecified atom stereocenters. The van der Waals surface area contributed by atoms with E-state index in [4.69, 9.17) is 11.6 Å². The van der Waals surface area contributed by atoms with Gasteiger partial charge in [-0.15, -0.1) is 0 Å². The zero-order valence-corrected chi connectivity index (χ0v) is 10.5. The van der Waals surface area contributed by atoms with E-state index in [1.807, 2.05) is 0 Å². The predicted molar refractivity (Wildman–Crippen MR) is 66.1 cm³/mol. The lowest BCUT2D eigenvalue weighted by molar-refractivity contribution is 0.102. The number of nitrogens with one attached hydrogen (secondary N) is 1. The van der Waals surface area contributed by atoms with Crippen LogP contribution in [-0.2, 0) is 0 Å². The Morgan fingerprint density at radius 2 is 2.05 bits per heavy atom. The van der Waals surface area contributed by atoms with Crippen molar-refractivity contribution in [2.24, 2.45) is 0 Å². The van der Waals surface area contributed by atoms with Gasteiger partial charge in [0.05, 0.1) is 5.56 Å². The summed E-state index contributed by atoms with van der Waals surface area (Å²) in [6, 6.07) is 3.20. The zero-order chi connectivity index (χ0) is 14.0. The van der Waals surface area contributed by atoms with Crippen LogP contribution in [0.2, 0.25) is 5.15 Å². The molecule has 1 aromatic carbocycles. The molecule has 0 spiro atoms. The van der Waals surface area contributed by atoms with Crippen LogP contribution in [0.25, 0.3) is 0 Å². The summed E-state index contributed by atoms with van der Waals surface area (Å²) in [5.41, 5.74) is -0.124. The molecule has 0 bridgehead atoms. The minimum absolute atomic E-state index is 0.0566. The van der Waals surface area contributed by atoms with E-state index in [2.05, 4.69) is 15.3 Å². The fourth-order valence-corrected chi connectivity index (χ4v) is 1.53. The van der Waals surface area contributed by atoms with Crippen molar-refractivity contribution in [1.29, 1.82) is 0 Å². The molecule has 1 N–H and O–H groups in total. The van der Waals surface area contributed by atoms with Gasteiger partial charge in [0, 0.05) is 12.3 Å². The average molecular weight is 284 g/mol. The third-order valence-corrected chi connectivity index (χ3v) is 2.55. The first kappa shape index (κ1) is 13.4. The van der Waals surface area contributed by atoms with Gasteiger partial charge in [0.2, 0.25) is 5.95 Å². The second-order valence-electron chi connectivity index (χ2n) is 3.74. The Kier molecular flexibility index (Phi) is 3.71. The zero-order valence-electron chi connectivity index (χ0n) is 9.75. The van der Waals surface area contributed by atoms with E-state index in [0.717, 1.165) is 6.07 Å². The highest BCUT2D eigenvalue weighted by molar-refractivity contribution is 6.29. The highest BCUT2D eigenvalue weighted by Crippen LogP contribution is 2.15. The van der Waals surface area contributed by atoms with E-state index in [0.29, 0.717) is 6.07 Å². The maximum Gasteiger partial charge on any atom is 0.261 e. The van der Waals surface area contributed by atoms with Crippen LogP contribution in [0, 0.1) is 18.6 Å². The van der Waals surface area contributed by atoms with Crippen LogP contribution >= 0.6 is 11.6 Å². The summed E-state index contributed by atoms with van der Waals surface area (Å²) in [6.45, 7) is 1.43. The van der Waals surface area contributed by atoms with Crippen molar-refractivity contribution >= 4 is 23.5 Å². The van der Waals surface area contributed by atoms with Crippen molar-refractivity contribution in [3.63, 3.8) is 0 Å². The van der Waals surface area contributed by atoms with Crippen molar-refractivity contribution in [2.75, 3.05) is 5.32 Å². The Labute approximate surface area is 112 Å². The van der Waals surface area contributed by atoms with Gasteiger partial charge in [-0.1, -0.05) is 11.6 Å². The van der Waals surface area contributed by atoms with E-state index < -0.39 is 17.5 Å². The summed E-state index contributed by atoms with van der Waals surface area (Å²) in [5.74, 6) is -2.50. The van der Waals surface area contributed by atoms with Crippen molar-refractivity contribution in [3.05, 3.63) is 52.3 Å². The second kappa shape index (κ2) is 5.27. The Hall–Kier alpha value is -2.08. The molecule has 2 aromatic rings. The molecule has 2 rings (SSSR count). The monoisotopic (exact) mass is 283 g/mol. The second-order valence-corrected chi connectivity index (χ2v) is 4.13. The van der Waals surface area contributed by atoms with Crippen LogP contribution in [0.5, 0.6) is 0 Å². The number of amides is 1. The lowest BCUT2D eigenvalue weighted by atomic mass is 10.1. The van der Waals surface area contributed by atoms with Gasteiger partial charge in [-0.05, 0) is 24.6 Å². The molecular formula is C12H8ClF2N3O. The maximum atomic E-state index is 13.5. The van der Waals surface area contributed by atoms with Crippen LogP contribution in [-0.4, -0.2) is 15.9 Å². The first-order valence-corrected chi connectivity index (χ1v) is 5.60. The standard InChI is InChI=1S/C12H8ClF2N3O/c1-6-4-7(9(15)5-8(6)14)11(19)18-12-16-3-2-10(13)17-12/h2-5H,1H3,(H,16,17,18,19).